The van der Waals surface area contributed by atoms with Crippen molar-refractivity contribution in [1.82, 2.24) is 14.9 Å². The molecule has 158 valence electrons. The summed E-state index contributed by atoms with van der Waals surface area (Å²) in [5.41, 5.74) is 1.82. The molecule has 0 aliphatic carbocycles. The lowest BCUT2D eigenvalue weighted by atomic mass is 10.1. The summed E-state index contributed by atoms with van der Waals surface area (Å²) in [6.07, 6.45) is 3.64. The third kappa shape index (κ3) is 4.68. The van der Waals surface area contributed by atoms with Crippen molar-refractivity contribution in [3.8, 4) is 11.6 Å². The van der Waals surface area contributed by atoms with Gasteiger partial charge < -0.3 is 25.0 Å². The van der Waals surface area contributed by atoms with E-state index in [2.05, 4.69) is 27.2 Å². The molecule has 9 heteroatoms. The molecule has 0 bridgehead atoms. The summed E-state index contributed by atoms with van der Waals surface area (Å²) in [6.45, 7) is 6.43. The Morgan fingerprint density at radius 2 is 2.10 bits per heavy atom. The molecule has 0 saturated carbocycles. The van der Waals surface area contributed by atoms with Crippen molar-refractivity contribution in [1.29, 1.82) is 0 Å². The first kappa shape index (κ1) is 21.1. The summed E-state index contributed by atoms with van der Waals surface area (Å²) in [5.74, 6) is 0.942. The standard InChI is InChI=1S/C21H25N5O4/c1-5-18(27)24-16-7-6-14(10-17(16)29-3)20(28)26-9-8-15(12-26)23-21-22-11-13(2)19(25-21)30-4/h5-7,10-11,15H,1,8-9,12H2,2-4H3,(H,24,27)(H,22,23,25)/t15-/m1/s1. The molecule has 2 aromatic rings. The number of anilines is 2. The van der Waals surface area contributed by atoms with Gasteiger partial charge in [-0.3, -0.25) is 9.59 Å². The van der Waals surface area contributed by atoms with E-state index in [9.17, 15) is 9.59 Å². The van der Waals surface area contributed by atoms with Crippen molar-refractivity contribution >= 4 is 23.5 Å². The van der Waals surface area contributed by atoms with Gasteiger partial charge in [-0.1, -0.05) is 6.58 Å². The summed E-state index contributed by atoms with van der Waals surface area (Å²) in [7, 11) is 3.05. The van der Waals surface area contributed by atoms with Gasteiger partial charge in [0, 0.05) is 36.5 Å². The third-order valence-corrected chi connectivity index (χ3v) is 4.82. The number of nitrogens with one attached hydrogen (secondary N) is 2. The van der Waals surface area contributed by atoms with Gasteiger partial charge >= 0.3 is 0 Å². The van der Waals surface area contributed by atoms with Crippen LogP contribution < -0.4 is 20.1 Å². The lowest BCUT2D eigenvalue weighted by Gasteiger charge is -2.18. The number of ether oxygens (including phenoxy) is 2. The van der Waals surface area contributed by atoms with Crippen molar-refractivity contribution in [3.05, 3.63) is 48.2 Å². The second kappa shape index (κ2) is 9.25. The number of benzene rings is 1. The fourth-order valence-corrected chi connectivity index (χ4v) is 3.24. The molecule has 1 atom stereocenters. The Balaban J connectivity index is 1.66. The SMILES string of the molecule is C=CC(=O)Nc1ccc(C(=O)N2CC[C@@H](Nc3ncc(C)c(OC)n3)C2)cc1OC. The highest BCUT2D eigenvalue weighted by Crippen LogP contribution is 2.27. The van der Waals surface area contributed by atoms with Crippen LogP contribution in [0.5, 0.6) is 11.6 Å². The number of hydrogen-bond donors (Lipinski definition) is 2. The number of likely N-dealkylation sites (tertiary alicyclic amines) is 1. The van der Waals surface area contributed by atoms with Gasteiger partial charge in [0.25, 0.3) is 5.91 Å². The Labute approximate surface area is 175 Å². The number of aromatic nitrogens is 2. The zero-order valence-corrected chi connectivity index (χ0v) is 17.3. The smallest absolute Gasteiger partial charge is 0.254 e. The van der Waals surface area contributed by atoms with E-state index in [0.29, 0.717) is 41.9 Å². The highest BCUT2D eigenvalue weighted by molar-refractivity contribution is 6.01. The molecule has 1 fully saturated rings. The van der Waals surface area contributed by atoms with Gasteiger partial charge in [0.1, 0.15) is 5.75 Å². The summed E-state index contributed by atoms with van der Waals surface area (Å²) in [4.78, 5) is 34.9. The molecule has 1 aromatic carbocycles. The van der Waals surface area contributed by atoms with Crippen molar-refractivity contribution in [2.45, 2.75) is 19.4 Å². The first-order chi connectivity index (χ1) is 14.4. The van der Waals surface area contributed by atoms with Crippen molar-refractivity contribution in [2.75, 3.05) is 37.9 Å². The van der Waals surface area contributed by atoms with E-state index in [1.54, 1.807) is 36.4 Å². The molecule has 2 amide bonds. The predicted molar refractivity (Wildman–Crippen MR) is 113 cm³/mol. The van der Waals surface area contributed by atoms with E-state index >= 15 is 0 Å². The fraction of sp³-hybridized carbons (Fsp3) is 0.333. The number of amides is 2. The number of carbonyl (C=O) groups excluding carboxylic acids is 2. The molecular formula is C21H25N5O4. The Hall–Kier alpha value is -3.62. The van der Waals surface area contributed by atoms with E-state index in [4.69, 9.17) is 9.47 Å². The largest absolute Gasteiger partial charge is 0.495 e. The van der Waals surface area contributed by atoms with Crippen LogP contribution in [0.1, 0.15) is 22.3 Å². The topological polar surface area (TPSA) is 106 Å². The highest BCUT2D eigenvalue weighted by Gasteiger charge is 2.28. The lowest BCUT2D eigenvalue weighted by Crippen LogP contribution is -2.32. The number of carbonyl (C=O) groups is 2. The molecule has 2 N–H and O–H groups in total. The minimum absolute atomic E-state index is 0.0365. The molecule has 30 heavy (non-hydrogen) atoms. The molecule has 0 radical (unpaired) electrons. The van der Waals surface area contributed by atoms with Crippen molar-refractivity contribution < 1.29 is 19.1 Å². The summed E-state index contributed by atoms with van der Waals surface area (Å²) in [6, 6.07) is 4.97. The van der Waals surface area contributed by atoms with Gasteiger partial charge in [-0.25, -0.2) is 4.98 Å². The van der Waals surface area contributed by atoms with Gasteiger partial charge in [-0.15, -0.1) is 0 Å². The predicted octanol–water partition coefficient (Wildman–Crippen LogP) is 2.25. The van der Waals surface area contributed by atoms with Crippen molar-refractivity contribution in [2.24, 2.45) is 0 Å². The Morgan fingerprint density at radius 1 is 1.30 bits per heavy atom. The van der Waals surface area contributed by atoms with E-state index in [1.807, 2.05) is 6.92 Å². The molecule has 2 heterocycles. The van der Waals surface area contributed by atoms with Crippen LogP contribution in [0, 0.1) is 6.92 Å². The van der Waals surface area contributed by atoms with E-state index < -0.39 is 0 Å². The van der Waals surface area contributed by atoms with Gasteiger partial charge in [-0.2, -0.15) is 4.98 Å². The first-order valence-electron chi connectivity index (χ1n) is 9.50. The highest BCUT2D eigenvalue weighted by atomic mass is 16.5. The number of hydrogen-bond acceptors (Lipinski definition) is 7. The average molecular weight is 411 g/mol. The van der Waals surface area contributed by atoms with Crippen LogP contribution in [0.4, 0.5) is 11.6 Å². The van der Waals surface area contributed by atoms with E-state index in [1.165, 1.54) is 13.2 Å². The van der Waals surface area contributed by atoms with Crippen LogP contribution in [0.15, 0.2) is 37.1 Å². The van der Waals surface area contributed by atoms with Crippen LogP contribution in [-0.4, -0.2) is 60.0 Å². The van der Waals surface area contributed by atoms with Crippen LogP contribution in [0.2, 0.25) is 0 Å². The zero-order valence-electron chi connectivity index (χ0n) is 17.3. The Bertz CT molecular complexity index is 962. The van der Waals surface area contributed by atoms with Crippen molar-refractivity contribution in [3.63, 3.8) is 0 Å². The van der Waals surface area contributed by atoms with Gasteiger partial charge in [0.05, 0.1) is 19.9 Å². The second-order valence-electron chi connectivity index (χ2n) is 6.88. The number of nitrogens with zero attached hydrogens (tertiary/aromatic N) is 3. The maximum atomic E-state index is 12.9. The van der Waals surface area contributed by atoms with E-state index in [-0.39, 0.29) is 17.9 Å². The molecular weight excluding hydrogens is 386 g/mol. The summed E-state index contributed by atoms with van der Waals surface area (Å²) >= 11 is 0. The van der Waals surface area contributed by atoms with Crippen LogP contribution in [0.3, 0.4) is 0 Å². The molecule has 0 spiro atoms. The lowest BCUT2D eigenvalue weighted by molar-refractivity contribution is -0.111. The van der Waals surface area contributed by atoms with Crippen LogP contribution in [-0.2, 0) is 4.79 Å². The third-order valence-electron chi connectivity index (χ3n) is 4.82. The second-order valence-corrected chi connectivity index (χ2v) is 6.88. The van der Waals surface area contributed by atoms with Crippen LogP contribution in [0.25, 0.3) is 0 Å². The zero-order chi connectivity index (χ0) is 21.7. The minimum atomic E-state index is -0.351. The summed E-state index contributed by atoms with van der Waals surface area (Å²) in [5, 5.41) is 5.91. The molecule has 1 aromatic heterocycles. The molecule has 3 rings (SSSR count). The Kier molecular flexibility index (Phi) is 6.51. The molecule has 1 aliphatic rings. The minimum Gasteiger partial charge on any atom is -0.495 e. The fourth-order valence-electron chi connectivity index (χ4n) is 3.24. The molecule has 9 nitrogen and oxygen atoms in total. The molecule has 0 unspecified atom stereocenters. The van der Waals surface area contributed by atoms with Gasteiger partial charge in [0.2, 0.25) is 17.7 Å². The number of aryl methyl sites for hydroxylation is 1. The number of rotatable bonds is 7. The first-order valence-corrected chi connectivity index (χ1v) is 9.50. The quantitative estimate of drug-likeness (QED) is 0.673. The molecule has 1 saturated heterocycles. The average Bonchev–Trinajstić information content (AvgIpc) is 3.23. The maximum absolute atomic E-state index is 12.9. The maximum Gasteiger partial charge on any atom is 0.254 e. The number of methoxy groups -OCH3 is 2. The van der Waals surface area contributed by atoms with Gasteiger partial charge in [0.15, 0.2) is 0 Å². The Morgan fingerprint density at radius 3 is 2.80 bits per heavy atom. The van der Waals surface area contributed by atoms with E-state index in [0.717, 1.165) is 12.0 Å². The van der Waals surface area contributed by atoms with Crippen LogP contribution >= 0.6 is 0 Å². The van der Waals surface area contributed by atoms with Gasteiger partial charge in [-0.05, 0) is 37.6 Å². The summed E-state index contributed by atoms with van der Waals surface area (Å²) < 4.78 is 10.5. The normalized spacial score (nSPS) is 15.4. The monoisotopic (exact) mass is 411 g/mol. The molecule has 1 aliphatic heterocycles.